The van der Waals surface area contributed by atoms with Crippen molar-refractivity contribution in [2.24, 2.45) is 11.7 Å². The largest absolute Gasteiger partial charge is 0.507 e. The summed E-state index contributed by atoms with van der Waals surface area (Å²) in [5.41, 5.74) is 5.65. The van der Waals surface area contributed by atoms with E-state index in [4.69, 9.17) is 5.73 Å². The van der Waals surface area contributed by atoms with Crippen molar-refractivity contribution < 1.29 is 15.0 Å². The van der Waals surface area contributed by atoms with Crippen LogP contribution in [0.3, 0.4) is 0 Å². The van der Waals surface area contributed by atoms with Gasteiger partial charge in [-0.25, -0.2) is 0 Å². The maximum atomic E-state index is 12.5. The number of benzene rings is 1. The highest BCUT2D eigenvalue weighted by atomic mass is 16.3. The molecule has 4 N–H and O–H groups in total. The predicted molar refractivity (Wildman–Crippen MR) is 72.0 cm³/mol. The van der Waals surface area contributed by atoms with Crippen LogP contribution in [-0.4, -0.2) is 40.2 Å². The van der Waals surface area contributed by atoms with Crippen LogP contribution in [-0.2, 0) is 0 Å². The van der Waals surface area contributed by atoms with Crippen molar-refractivity contribution >= 4 is 5.91 Å². The molecular weight excluding hydrogens is 244 g/mol. The van der Waals surface area contributed by atoms with Gasteiger partial charge in [-0.3, -0.25) is 4.79 Å². The van der Waals surface area contributed by atoms with Crippen LogP contribution in [0.5, 0.6) is 11.5 Å². The van der Waals surface area contributed by atoms with E-state index in [2.05, 4.69) is 0 Å². The van der Waals surface area contributed by atoms with E-state index in [1.807, 2.05) is 6.92 Å². The quantitative estimate of drug-likeness (QED) is 0.751. The van der Waals surface area contributed by atoms with Crippen LogP contribution in [0.15, 0.2) is 18.2 Å². The first-order valence-electron chi connectivity index (χ1n) is 6.56. The molecule has 0 saturated carbocycles. The minimum atomic E-state index is -0.332. The fourth-order valence-corrected chi connectivity index (χ4v) is 2.55. The zero-order valence-electron chi connectivity index (χ0n) is 11.0. The number of rotatable bonds is 2. The Labute approximate surface area is 112 Å². The van der Waals surface area contributed by atoms with Crippen LogP contribution in [0.25, 0.3) is 0 Å². The lowest BCUT2D eigenvalue weighted by Gasteiger charge is -2.37. The number of nitrogens with zero attached hydrogens (tertiary/aromatic N) is 1. The summed E-state index contributed by atoms with van der Waals surface area (Å²) in [6.07, 6.45) is 1.90. The Morgan fingerprint density at radius 3 is 2.58 bits per heavy atom. The molecule has 0 radical (unpaired) electrons. The average molecular weight is 264 g/mol. The van der Waals surface area contributed by atoms with Crippen LogP contribution in [0.2, 0.25) is 0 Å². The van der Waals surface area contributed by atoms with Gasteiger partial charge in [-0.05, 0) is 44.4 Å². The van der Waals surface area contributed by atoms with Crippen molar-refractivity contribution in [3.8, 4) is 11.5 Å². The molecule has 1 aliphatic rings. The molecule has 5 nitrogen and oxygen atoms in total. The zero-order valence-corrected chi connectivity index (χ0v) is 11.0. The van der Waals surface area contributed by atoms with Gasteiger partial charge < -0.3 is 20.8 Å². The van der Waals surface area contributed by atoms with E-state index in [-0.39, 0.29) is 34.9 Å². The highest BCUT2D eigenvalue weighted by Gasteiger charge is 2.31. The predicted octanol–water partition coefficient (Wildman–Crippen LogP) is 1.30. The van der Waals surface area contributed by atoms with Crippen LogP contribution in [0.1, 0.15) is 30.1 Å². The number of phenols is 2. The van der Waals surface area contributed by atoms with Gasteiger partial charge in [-0.1, -0.05) is 6.07 Å². The number of likely N-dealkylation sites (tertiary alicyclic amines) is 1. The Kier molecular flexibility index (Phi) is 3.95. The number of amides is 1. The Hall–Kier alpha value is -1.75. The van der Waals surface area contributed by atoms with Gasteiger partial charge in [-0.2, -0.15) is 0 Å². The average Bonchev–Trinajstić information content (AvgIpc) is 2.39. The molecule has 1 aliphatic heterocycles. The summed E-state index contributed by atoms with van der Waals surface area (Å²) < 4.78 is 0. The van der Waals surface area contributed by atoms with Crippen molar-refractivity contribution in [1.82, 2.24) is 4.90 Å². The van der Waals surface area contributed by atoms with Gasteiger partial charge in [0.1, 0.15) is 17.1 Å². The summed E-state index contributed by atoms with van der Waals surface area (Å²) in [4.78, 5) is 14.2. The van der Waals surface area contributed by atoms with E-state index in [0.717, 1.165) is 12.8 Å². The van der Waals surface area contributed by atoms with Gasteiger partial charge in [0.25, 0.3) is 5.91 Å². The van der Waals surface area contributed by atoms with Gasteiger partial charge in [0.15, 0.2) is 0 Å². The van der Waals surface area contributed by atoms with Crippen molar-refractivity contribution in [2.45, 2.75) is 25.8 Å². The minimum absolute atomic E-state index is 0.0213. The molecule has 19 heavy (non-hydrogen) atoms. The van der Waals surface area contributed by atoms with Crippen LogP contribution >= 0.6 is 0 Å². The van der Waals surface area contributed by atoms with Gasteiger partial charge in [0.2, 0.25) is 0 Å². The number of carbonyl (C=O) groups is 1. The Balaban J connectivity index is 2.27. The monoisotopic (exact) mass is 264 g/mol. The molecule has 1 aromatic carbocycles. The first-order chi connectivity index (χ1) is 9.04. The summed E-state index contributed by atoms with van der Waals surface area (Å²) in [7, 11) is 0. The fourth-order valence-electron chi connectivity index (χ4n) is 2.55. The number of carbonyl (C=O) groups excluding carboxylic acids is 1. The van der Waals surface area contributed by atoms with Crippen molar-refractivity contribution in [2.75, 3.05) is 13.1 Å². The second kappa shape index (κ2) is 5.48. The number of phenolic OH excluding ortho intramolecular Hbond substituents is 2. The molecule has 0 spiro atoms. The molecule has 2 unspecified atom stereocenters. The summed E-state index contributed by atoms with van der Waals surface area (Å²) in [5, 5.41) is 19.5. The second-order valence-corrected chi connectivity index (χ2v) is 5.16. The van der Waals surface area contributed by atoms with E-state index < -0.39 is 0 Å². The van der Waals surface area contributed by atoms with E-state index in [0.29, 0.717) is 13.1 Å². The topological polar surface area (TPSA) is 86.8 Å². The minimum Gasteiger partial charge on any atom is -0.507 e. The molecule has 1 saturated heterocycles. The Bertz CT molecular complexity index is 456. The van der Waals surface area contributed by atoms with Crippen LogP contribution in [0, 0.1) is 5.92 Å². The van der Waals surface area contributed by atoms with E-state index >= 15 is 0 Å². The van der Waals surface area contributed by atoms with E-state index in [9.17, 15) is 15.0 Å². The third kappa shape index (κ3) is 2.66. The highest BCUT2D eigenvalue weighted by molar-refractivity contribution is 5.99. The Morgan fingerprint density at radius 1 is 1.37 bits per heavy atom. The summed E-state index contributed by atoms with van der Waals surface area (Å²) in [6.45, 7) is 3.09. The molecule has 2 atom stereocenters. The molecule has 1 aromatic rings. The molecule has 1 amide bonds. The molecule has 2 rings (SSSR count). The van der Waals surface area contributed by atoms with Crippen molar-refractivity contribution in [3.63, 3.8) is 0 Å². The molecule has 0 aromatic heterocycles. The molecule has 1 heterocycles. The number of hydrogen-bond donors (Lipinski definition) is 3. The molecule has 5 heteroatoms. The Morgan fingerprint density at radius 2 is 2.00 bits per heavy atom. The maximum absolute atomic E-state index is 12.5. The molecule has 1 fully saturated rings. The molecular formula is C14H20N2O3. The van der Waals surface area contributed by atoms with Crippen molar-refractivity contribution in [3.05, 3.63) is 23.8 Å². The third-order valence-corrected chi connectivity index (χ3v) is 3.81. The summed E-state index contributed by atoms with van der Waals surface area (Å²) in [5.74, 6) is -0.423. The van der Waals surface area contributed by atoms with E-state index in [1.165, 1.54) is 18.2 Å². The second-order valence-electron chi connectivity index (χ2n) is 5.16. The first kappa shape index (κ1) is 13.7. The number of hydrogen-bond acceptors (Lipinski definition) is 4. The van der Waals surface area contributed by atoms with Crippen molar-refractivity contribution in [1.29, 1.82) is 0 Å². The summed E-state index contributed by atoms with van der Waals surface area (Å²) >= 11 is 0. The third-order valence-electron chi connectivity index (χ3n) is 3.81. The number of aromatic hydroxyl groups is 2. The van der Waals surface area contributed by atoms with Gasteiger partial charge in [0, 0.05) is 12.6 Å². The lowest BCUT2D eigenvalue weighted by Crippen LogP contribution is -2.47. The lowest BCUT2D eigenvalue weighted by molar-refractivity contribution is 0.0561. The number of piperidine rings is 1. The first-order valence-corrected chi connectivity index (χ1v) is 6.56. The normalized spacial score (nSPS) is 23.4. The lowest BCUT2D eigenvalue weighted by atomic mass is 9.92. The fraction of sp³-hybridized carbons (Fsp3) is 0.500. The smallest absolute Gasteiger partial charge is 0.261 e. The molecule has 0 aliphatic carbocycles. The van der Waals surface area contributed by atoms with Crippen LogP contribution in [0.4, 0.5) is 0 Å². The highest BCUT2D eigenvalue weighted by Crippen LogP contribution is 2.31. The molecule has 0 bridgehead atoms. The summed E-state index contributed by atoms with van der Waals surface area (Å²) in [6, 6.07) is 4.41. The molecule has 104 valence electrons. The zero-order chi connectivity index (χ0) is 14.0. The number of nitrogens with two attached hydrogens (primary N) is 1. The van der Waals surface area contributed by atoms with Gasteiger partial charge in [-0.15, -0.1) is 0 Å². The SMILES string of the molecule is CC1CCC(CN)CN1C(=O)c1c(O)cccc1O. The van der Waals surface area contributed by atoms with Crippen LogP contribution < -0.4 is 5.73 Å². The van der Waals surface area contributed by atoms with Gasteiger partial charge in [0.05, 0.1) is 0 Å². The standard InChI is InChI=1S/C14H20N2O3/c1-9-5-6-10(7-15)8-16(9)14(19)13-11(17)3-2-4-12(13)18/h2-4,9-10,17-18H,5-8,15H2,1H3. The van der Waals surface area contributed by atoms with Gasteiger partial charge >= 0.3 is 0 Å². The maximum Gasteiger partial charge on any atom is 0.261 e. The van der Waals surface area contributed by atoms with E-state index in [1.54, 1.807) is 4.90 Å².